The SMILES string of the molecule is CCCCC=CCC=CCCCCCCCC[CH]N. The molecule has 0 aromatic carbocycles. The Kier molecular flexibility index (Phi) is 16.9. The molecule has 0 aliphatic rings. The first-order valence-corrected chi connectivity index (χ1v) is 8.25. The van der Waals surface area contributed by atoms with Crippen molar-refractivity contribution in [1.82, 2.24) is 0 Å². The normalized spacial score (nSPS) is 11.9. The second kappa shape index (κ2) is 17.4. The minimum Gasteiger partial charge on any atom is -0.326 e. The summed E-state index contributed by atoms with van der Waals surface area (Å²) < 4.78 is 0. The molecular weight excluding hydrogens is 230 g/mol. The first kappa shape index (κ1) is 18.4. The molecule has 0 aliphatic carbocycles. The smallest absolute Gasteiger partial charge is 0.0192 e. The number of nitrogens with two attached hydrogens (primary N) is 1. The lowest BCUT2D eigenvalue weighted by molar-refractivity contribution is 0.594. The lowest BCUT2D eigenvalue weighted by atomic mass is 10.1. The molecule has 0 saturated heterocycles. The molecule has 0 atom stereocenters. The van der Waals surface area contributed by atoms with Gasteiger partial charge in [-0.25, -0.2) is 0 Å². The Bertz CT molecular complexity index is 206. The number of hydrogen-bond acceptors (Lipinski definition) is 1. The molecule has 111 valence electrons. The summed E-state index contributed by atoms with van der Waals surface area (Å²) in [6, 6.07) is 0. The first-order valence-electron chi connectivity index (χ1n) is 8.25. The van der Waals surface area contributed by atoms with Crippen LogP contribution in [0.3, 0.4) is 0 Å². The van der Waals surface area contributed by atoms with Crippen molar-refractivity contribution in [3.63, 3.8) is 0 Å². The van der Waals surface area contributed by atoms with Gasteiger partial charge in [-0.1, -0.05) is 76.2 Å². The van der Waals surface area contributed by atoms with Crippen molar-refractivity contribution >= 4 is 0 Å². The van der Waals surface area contributed by atoms with E-state index >= 15 is 0 Å². The van der Waals surface area contributed by atoms with Crippen molar-refractivity contribution in [3.8, 4) is 0 Å². The maximum atomic E-state index is 5.35. The molecule has 0 bridgehead atoms. The van der Waals surface area contributed by atoms with Crippen molar-refractivity contribution < 1.29 is 0 Å². The third kappa shape index (κ3) is 17.4. The third-order valence-corrected chi connectivity index (χ3v) is 3.32. The van der Waals surface area contributed by atoms with Gasteiger partial charge in [0.05, 0.1) is 0 Å². The van der Waals surface area contributed by atoms with Crippen molar-refractivity contribution in [1.29, 1.82) is 0 Å². The quantitative estimate of drug-likeness (QED) is 0.306. The fraction of sp³-hybridized carbons (Fsp3) is 0.722. The summed E-state index contributed by atoms with van der Waals surface area (Å²) in [5, 5.41) is 0. The molecule has 0 heterocycles. The number of hydrogen-bond donors (Lipinski definition) is 1. The minimum absolute atomic E-state index is 1.08. The van der Waals surface area contributed by atoms with E-state index in [0.29, 0.717) is 0 Å². The molecule has 0 aromatic heterocycles. The zero-order valence-electron chi connectivity index (χ0n) is 12.9. The van der Waals surface area contributed by atoms with Crippen LogP contribution in [0.5, 0.6) is 0 Å². The molecule has 2 N–H and O–H groups in total. The van der Waals surface area contributed by atoms with E-state index in [1.54, 1.807) is 6.54 Å². The number of unbranched alkanes of at least 4 members (excludes halogenated alkanes) is 9. The van der Waals surface area contributed by atoms with E-state index < -0.39 is 0 Å². The highest BCUT2D eigenvalue weighted by Crippen LogP contribution is 2.09. The van der Waals surface area contributed by atoms with Crippen LogP contribution in [0.4, 0.5) is 0 Å². The van der Waals surface area contributed by atoms with Crippen LogP contribution >= 0.6 is 0 Å². The lowest BCUT2D eigenvalue weighted by Gasteiger charge is -1.99. The van der Waals surface area contributed by atoms with Gasteiger partial charge >= 0.3 is 0 Å². The third-order valence-electron chi connectivity index (χ3n) is 3.32. The zero-order chi connectivity index (χ0) is 14.0. The van der Waals surface area contributed by atoms with Crippen LogP contribution in [0, 0.1) is 6.54 Å². The summed E-state index contributed by atoms with van der Waals surface area (Å²) >= 11 is 0. The molecule has 0 unspecified atom stereocenters. The summed E-state index contributed by atoms with van der Waals surface area (Å²) in [5.74, 6) is 0. The van der Waals surface area contributed by atoms with Gasteiger partial charge < -0.3 is 5.73 Å². The molecule has 1 heteroatoms. The highest BCUT2D eigenvalue weighted by molar-refractivity contribution is 4.92. The largest absolute Gasteiger partial charge is 0.326 e. The van der Waals surface area contributed by atoms with Crippen molar-refractivity contribution in [2.45, 2.75) is 84.0 Å². The summed E-state index contributed by atoms with van der Waals surface area (Å²) in [7, 11) is 0. The van der Waals surface area contributed by atoms with Gasteiger partial charge in [-0.15, -0.1) is 0 Å². The second-order valence-electron chi connectivity index (χ2n) is 5.26. The van der Waals surface area contributed by atoms with Gasteiger partial charge in [-0.05, 0) is 32.1 Å². The van der Waals surface area contributed by atoms with Gasteiger partial charge in [-0.2, -0.15) is 0 Å². The Balaban J connectivity index is 3.10. The van der Waals surface area contributed by atoms with Crippen LogP contribution in [0.15, 0.2) is 24.3 Å². The van der Waals surface area contributed by atoms with Gasteiger partial charge in [0.2, 0.25) is 0 Å². The average Bonchev–Trinajstić information content (AvgIpc) is 2.43. The van der Waals surface area contributed by atoms with Gasteiger partial charge in [0.15, 0.2) is 0 Å². The van der Waals surface area contributed by atoms with E-state index in [1.165, 1.54) is 64.2 Å². The van der Waals surface area contributed by atoms with Crippen LogP contribution in [0.1, 0.15) is 84.0 Å². The van der Waals surface area contributed by atoms with E-state index in [0.717, 1.165) is 12.8 Å². The molecular formula is C18H34N. The van der Waals surface area contributed by atoms with E-state index in [1.807, 2.05) is 0 Å². The van der Waals surface area contributed by atoms with Crippen molar-refractivity contribution in [2.24, 2.45) is 5.73 Å². The van der Waals surface area contributed by atoms with E-state index in [4.69, 9.17) is 5.73 Å². The van der Waals surface area contributed by atoms with Gasteiger partial charge in [0.1, 0.15) is 0 Å². The second-order valence-corrected chi connectivity index (χ2v) is 5.26. The fourth-order valence-electron chi connectivity index (χ4n) is 2.06. The van der Waals surface area contributed by atoms with Crippen molar-refractivity contribution in [3.05, 3.63) is 30.8 Å². The Labute approximate surface area is 121 Å². The lowest BCUT2D eigenvalue weighted by Crippen LogP contribution is -1.89. The van der Waals surface area contributed by atoms with E-state index in [-0.39, 0.29) is 0 Å². The van der Waals surface area contributed by atoms with Crippen LogP contribution in [-0.4, -0.2) is 0 Å². The predicted octanol–water partition coefficient (Wildman–Crippen LogP) is 5.92. The maximum absolute atomic E-state index is 5.35. The van der Waals surface area contributed by atoms with E-state index in [2.05, 4.69) is 31.2 Å². The summed E-state index contributed by atoms with van der Waals surface area (Å²) in [6.45, 7) is 4.02. The average molecular weight is 264 g/mol. The Morgan fingerprint density at radius 1 is 0.632 bits per heavy atom. The van der Waals surface area contributed by atoms with Gasteiger partial charge in [-0.3, -0.25) is 0 Å². The molecule has 0 aromatic rings. The Hall–Kier alpha value is -0.560. The molecule has 0 amide bonds. The highest BCUT2D eigenvalue weighted by atomic mass is 14.5. The molecule has 0 saturated carbocycles. The monoisotopic (exact) mass is 264 g/mol. The molecule has 1 radical (unpaired) electrons. The molecule has 0 rings (SSSR count). The maximum Gasteiger partial charge on any atom is 0.0192 e. The molecule has 0 fully saturated rings. The molecule has 0 aliphatic heterocycles. The van der Waals surface area contributed by atoms with Gasteiger partial charge in [0.25, 0.3) is 0 Å². The van der Waals surface area contributed by atoms with Crippen LogP contribution in [0.2, 0.25) is 0 Å². The van der Waals surface area contributed by atoms with Crippen LogP contribution in [0.25, 0.3) is 0 Å². The minimum atomic E-state index is 1.08. The van der Waals surface area contributed by atoms with Gasteiger partial charge in [0, 0.05) is 6.54 Å². The first-order chi connectivity index (χ1) is 9.41. The predicted molar refractivity (Wildman–Crippen MR) is 87.8 cm³/mol. The van der Waals surface area contributed by atoms with Crippen LogP contribution in [-0.2, 0) is 0 Å². The standard InChI is InChI=1S/C18H34N/c1-2-3-4-5-6-7-8-9-10-11-12-13-14-15-16-17-18-19/h5-6,8-9,18H,2-4,7,10-17,19H2,1H3. The molecule has 19 heavy (non-hydrogen) atoms. The Morgan fingerprint density at radius 3 is 1.74 bits per heavy atom. The summed E-state index contributed by atoms with van der Waals surface area (Å²) in [4.78, 5) is 0. The Morgan fingerprint density at radius 2 is 1.16 bits per heavy atom. The fourth-order valence-corrected chi connectivity index (χ4v) is 2.06. The summed E-state index contributed by atoms with van der Waals surface area (Å²) in [5.41, 5.74) is 5.35. The molecule has 1 nitrogen and oxygen atoms in total. The van der Waals surface area contributed by atoms with Crippen molar-refractivity contribution in [2.75, 3.05) is 0 Å². The summed E-state index contributed by atoms with van der Waals surface area (Å²) in [6.07, 6.45) is 24.6. The topological polar surface area (TPSA) is 26.0 Å². The number of rotatable bonds is 14. The van der Waals surface area contributed by atoms with Crippen LogP contribution < -0.4 is 5.73 Å². The zero-order valence-corrected chi connectivity index (χ0v) is 12.9. The number of allylic oxidation sites excluding steroid dienone is 4. The molecule has 0 spiro atoms. The van der Waals surface area contributed by atoms with E-state index in [9.17, 15) is 0 Å². The highest BCUT2D eigenvalue weighted by Gasteiger charge is 1.90.